The van der Waals surface area contributed by atoms with Gasteiger partial charge in [-0.2, -0.15) is 13.2 Å². The van der Waals surface area contributed by atoms with Crippen molar-refractivity contribution in [2.45, 2.75) is 25.1 Å². The Morgan fingerprint density at radius 2 is 1.96 bits per heavy atom. The van der Waals surface area contributed by atoms with Gasteiger partial charge in [0.2, 0.25) is 11.9 Å². The fourth-order valence-electron chi connectivity index (χ4n) is 3.50. The van der Waals surface area contributed by atoms with Crippen molar-refractivity contribution in [2.24, 2.45) is 7.05 Å². The van der Waals surface area contributed by atoms with E-state index in [1.54, 1.807) is 0 Å². The molecule has 0 bridgehead atoms. The van der Waals surface area contributed by atoms with Crippen LogP contribution >= 0.6 is 0 Å². The van der Waals surface area contributed by atoms with E-state index < -0.39 is 11.7 Å². The fraction of sp³-hybridized carbons (Fsp3) is 0.389. The van der Waals surface area contributed by atoms with Crippen molar-refractivity contribution in [1.82, 2.24) is 19.5 Å². The molecule has 1 atom stereocenters. The van der Waals surface area contributed by atoms with Crippen molar-refractivity contribution in [3.05, 3.63) is 36.2 Å². The quantitative estimate of drug-likeness (QED) is 0.668. The molecule has 0 unspecified atom stereocenters. The number of imidazole rings is 1. The molecular formula is C18H20F3N7. The molecule has 1 aliphatic rings. The van der Waals surface area contributed by atoms with Gasteiger partial charge in [0.15, 0.2) is 0 Å². The summed E-state index contributed by atoms with van der Waals surface area (Å²) in [5.41, 5.74) is 7.48. The maximum atomic E-state index is 12.6. The number of nitrogen functional groups attached to an aromatic ring is 1. The van der Waals surface area contributed by atoms with Gasteiger partial charge < -0.3 is 20.5 Å². The smallest absolute Gasteiger partial charge is 0.399 e. The molecule has 148 valence electrons. The lowest BCUT2D eigenvalue weighted by Gasteiger charge is -2.33. The Hall–Kier alpha value is -3.04. The molecule has 4 rings (SSSR count). The molecule has 3 aromatic rings. The van der Waals surface area contributed by atoms with Gasteiger partial charge in [0.25, 0.3) is 0 Å². The number of rotatable bonds is 3. The molecule has 1 fully saturated rings. The van der Waals surface area contributed by atoms with Crippen LogP contribution in [-0.2, 0) is 13.2 Å². The summed E-state index contributed by atoms with van der Waals surface area (Å²) in [5.74, 6) is 1.03. The summed E-state index contributed by atoms with van der Waals surface area (Å²) < 4.78 is 40.0. The Morgan fingerprint density at radius 1 is 1.21 bits per heavy atom. The molecule has 10 heteroatoms. The maximum absolute atomic E-state index is 12.6. The highest BCUT2D eigenvalue weighted by atomic mass is 19.4. The number of piperidine rings is 1. The summed E-state index contributed by atoms with van der Waals surface area (Å²) >= 11 is 0. The van der Waals surface area contributed by atoms with Crippen molar-refractivity contribution in [3.63, 3.8) is 0 Å². The van der Waals surface area contributed by atoms with E-state index in [4.69, 9.17) is 10.7 Å². The first kappa shape index (κ1) is 18.3. The van der Waals surface area contributed by atoms with E-state index in [0.717, 1.165) is 48.8 Å². The normalized spacial score (nSPS) is 17.9. The molecule has 0 spiro atoms. The molecule has 7 nitrogen and oxygen atoms in total. The molecule has 3 N–H and O–H groups in total. The predicted octanol–water partition coefficient (Wildman–Crippen LogP) is 3.05. The van der Waals surface area contributed by atoms with Crippen molar-refractivity contribution < 1.29 is 13.2 Å². The monoisotopic (exact) mass is 391 g/mol. The zero-order valence-electron chi connectivity index (χ0n) is 15.2. The lowest BCUT2D eigenvalue weighted by Crippen LogP contribution is -2.43. The molecule has 2 aromatic heterocycles. The number of halogens is 3. The average molecular weight is 391 g/mol. The summed E-state index contributed by atoms with van der Waals surface area (Å²) in [5, 5.41) is 3.13. The number of nitrogens with zero attached hydrogens (tertiary/aromatic N) is 5. The Balaban J connectivity index is 1.50. The number of fused-ring (bicyclic) bond motifs is 1. The Morgan fingerprint density at radius 3 is 2.68 bits per heavy atom. The number of aryl methyl sites for hydroxylation is 1. The van der Waals surface area contributed by atoms with Crippen LogP contribution < -0.4 is 16.0 Å². The van der Waals surface area contributed by atoms with E-state index >= 15 is 0 Å². The number of benzene rings is 1. The third kappa shape index (κ3) is 3.54. The first-order chi connectivity index (χ1) is 13.3. The van der Waals surface area contributed by atoms with E-state index in [2.05, 4.69) is 20.2 Å². The minimum atomic E-state index is -4.44. The summed E-state index contributed by atoms with van der Waals surface area (Å²) in [6.45, 7) is 1.50. The van der Waals surface area contributed by atoms with Gasteiger partial charge in [0, 0.05) is 44.3 Å². The van der Waals surface area contributed by atoms with Crippen molar-refractivity contribution in [2.75, 3.05) is 29.0 Å². The van der Waals surface area contributed by atoms with Gasteiger partial charge in [-0.15, -0.1) is 0 Å². The largest absolute Gasteiger partial charge is 0.419 e. The Kier molecular flexibility index (Phi) is 4.48. The van der Waals surface area contributed by atoms with Gasteiger partial charge in [0.1, 0.15) is 0 Å². The lowest BCUT2D eigenvalue weighted by atomic mass is 10.1. The second-order valence-electron chi connectivity index (χ2n) is 6.94. The first-order valence-electron chi connectivity index (χ1n) is 8.94. The number of nitrogens with two attached hydrogens (primary N) is 1. The third-order valence-electron chi connectivity index (χ3n) is 4.90. The van der Waals surface area contributed by atoms with Gasteiger partial charge in [-0.1, -0.05) is 0 Å². The van der Waals surface area contributed by atoms with Crippen LogP contribution in [0, 0.1) is 0 Å². The number of hydrogen-bond acceptors (Lipinski definition) is 6. The second kappa shape index (κ2) is 6.84. The summed E-state index contributed by atoms with van der Waals surface area (Å²) in [6.07, 6.45) is -1.05. The van der Waals surface area contributed by atoms with Gasteiger partial charge in [-0.3, -0.25) is 0 Å². The highest BCUT2D eigenvalue weighted by Gasteiger charge is 2.31. The first-order valence-corrected chi connectivity index (χ1v) is 8.94. The maximum Gasteiger partial charge on any atom is 0.419 e. The van der Waals surface area contributed by atoms with Crippen molar-refractivity contribution in [1.29, 1.82) is 0 Å². The van der Waals surface area contributed by atoms with Gasteiger partial charge in [-0.05, 0) is 31.0 Å². The van der Waals surface area contributed by atoms with Crippen LogP contribution in [0.5, 0.6) is 0 Å². The molecule has 3 heterocycles. The number of hydrogen-bond donors (Lipinski definition) is 2. The highest BCUT2D eigenvalue weighted by Crippen LogP contribution is 2.29. The molecular weight excluding hydrogens is 371 g/mol. The van der Waals surface area contributed by atoms with Gasteiger partial charge >= 0.3 is 6.18 Å². The van der Waals surface area contributed by atoms with Crippen LogP contribution in [0.3, 0.4) is 0 Å². The molecule has 1 aliphatic heterocycles. The molecule has 1 saturated heterocycles. The number of alkyl halides is 3. The number of aromatic nitrogens is 4. The van der Waals surface area contributed by atoms with Gasteiger partial charge in [-0.25, -0.2) is 15.0 Å². The molecule has 0 aliphatic carbocycles. The molecule has 0 radical (unpaired) electrons. The van der Waals surface area contributed by atoms with E-state index in [0.29, 0.717) is 12.2 Å². The standard InChI is InChI=1S/C18H20F3N7/c1-27-15-5-4-12(22)7-14(15)26-17(27)28-6-2-3-13(10-28)25-16-23-8-11(9-24-16)18(19,20)21/h4-5,7-9,13H,2-3,6,10,22H2,1H3,(H,23,24,25)/t13-/m1/s1. The zero-order chi connectivity index (χ0) is 19.9. The molecule has 0 amide bonds. The van der Waals surface area contributed by atoms with E-state index in [1.165, 1.54) is 0 Å². The highest BCUT2D eigenvalue weighted by molar-refractivity contribution is 5.82. The van der Waals surface area contributed by atoms with Gasteiger partial charge in [0.05, 0.1) is 16.6 Å². The number of anilines is 3. The van der Waals surface area contributed by atoms with Crippen molar-refractivity contribution >= 4 is 28.6 Å². The summed E-state index contributed by atoms with van der Waals surface area (Å²) in [4.78, 5) is 14.5. The number of nitrogens with one attached hydrogen (secondary N) is 1. The minimum absolute atomic E-state index is 0.00960. The van der Waals surface area contributed by atoms with Crippen LogP contribution in [0.25, 0.3) is 11.0 Å². The van der Waals surface area contributed by atoms with Crippen LogP contribution in [0.2, 0.25) is 0 Å². The predicted molar refractivity (Wildman–Crippen MR) is 101 cm³/mol. The zero-order valence-corrected chi connectivity index (χ0v) is 15.2. The van der Waals surface area contributed by atoms with Crippen LogP contribution in [0.1, 0.15) is 18.4 Å². The van der Waals surface area contributed by atoms with Crippen LogP contribution in [0.4, 0.5) is 30.8 Å². The summed E-state index contributed by atoms with van der Waals surface area (Å²) in [7, 11) is 1.96. The Labute approximate surface area is 159 Å². The van der Waals surface area contributed by atoms with Crippen LogP contribution in [-0.4, -0.2) is 38.7 Å². The molecule has 0 saturated carbocycles. The second-order valence-corrected chi connectivity index (χ2v) is 6.94. The average Bonchev–Trinajstić information content (AvgIpc) is 2.97. The van der Waals surface area contributed by atoms with E-state index in [-0.39, 0.29) is 12.0 Å². The minimum Gasteiger partial charge on any atom is -0.399 e. The Bertz CT molecular complexity index is 981. The molecule has 1 aromatic carbocycles. The van der Waals surface area contributed by atoms with Crippen molar-refractivity contribution in [3.8, 4) is 0 Å². The summed E-state index contributed by atoms with van der Waals surface area (Å²) in [6, 6.07) is 5.64. The molecule has 28 heavy (non-hydrogen) atoms. The lowest BCUT2D eigenvalue weighted by molar-refractivity contribution is -0.138. The fourth-order valence-corrected chi connectivity index (χ4v) is 3.50. The topological polar surface area (TPSA) is 84.9 Å². The third-order valence-corrected chi connectivity index (χ3v) is 4.90. The SMILES string of the molecule is Cn1c(N2CCC[C@@H](Nc3ncc(C(F)(F)F)cn3)C2)nc2cc(N)ccc21. The van der Waals surface area contributed by atoms with E-state index in [1.807, 2.05) is 29.8 Å². The van der Waals surface area contributed by atoms with E-state index in [9.17, 15) is 13.2 Å². The van der Waals surface area contributed by atoms with Crippen LogP contribution in [0.15, 0.2) is 30.6 Å².